The Bertz CT molecular complexity index is 1010. The van der Waals surface area contributed by atoms with Gasteiger partial charge < -0.3 is 15.5 Å². The van der Waals surface area contributed by atoms with Crippen molar-refractivity contribution < 1.29 is 4.79 Å². The standard InChI is InChI=1S/C23H32N6O/c1-6-7-11-28(5)15-17-9-8-10-18(12-17)20-13-21(27-23(30)24-4)19-14-25-29(16(2)3)22(19)26-20/h8-10,12-14,16H,6-7,11,15H2,1-5H3,(H2,24,26,27,30). The first kappa shape index (κ1) is 21.8. The molecule has 0 radical (unpaired) electrons. The number of amides is 2. The van der Waals surface area contributed by atoms with Gasteiger partial charge in [-0.3, -0.25) is 0 Å². The van der Waals surface area contributed by atoms with Crippen LogP contribution in [-0.2, 0) is 6.54 Å². The normalized spacial score (nSPS) is 11.4. The van der Waals surface area contributed by atoms with Crippen molar-refractivity contribution >= 4 is 22.8 Å². The average Bonchev–Trinajstić information content (AvgIpc) is 3.17. The fourth-order valence-electron chi connectivity index (χ4n) is 3.48. The summed E-state index contributed by atoms with van der Waals surface area (Å²) in [7, 11) is 3.75. The lowest BCUT2D eigenvalue weighted by atomic mass is 10.1. The molecule has 0 atom stereocenters. The Labute approximate surface area is 178 Å². The van der Waals surface area contributed by atoms with Crippen LogP contribution in [0.4, 0.5) is 10.5 Å². The van der Waals surface area contributed by atoms with Crippen LogP contribution in [0, 0.1) is 0 Å². The summed E-state index contributed by atoms with van der Waals surface area (Å²) < 4.78 is 1.89. The third-order valence-electron chi connectivity index (χ3n) is 5.10. The summed E-state index contributed by atoms with van der Waals surface area (Å²) in [6, 6.07) is 10.3. The molecule has 7 nitrogen and oxygen atoms in total. The molecule has 3 aromatic rings. The Morgan fingerprint density at radius 2 is 2.07 bits per heavy atom. The van der Waals surface area contributed by atoms with Gasteiger partial charge in [0.05, 0.1) is 23.0 Å². The minimum Gasteiger partial charge on any atom is -0.341 e. The van der Waals surface area contributed by atoms with Crippen LogP contribution in [0.1, 0.15) is 45.2 Å². The van der Waals surface area contributed by atoms with Crippen molar-refractivity contribution in [1.29, 1.82) is 0 Å². The summed E-state index contributed by atoms with van der Waals surface area (Å²) in [4.78, 5) is 19.2. The van der Waals surface area contributed by atoms with Gasteiger partial charge in [0.2, 0.25) is 0 Å². The van der Waals surface area contributed by atoms with E-state index < -0.39 is 0 Å². The van der Waals surface area contributed by atoms with Gasteiger partial charge in [-0.2, -0.15) is 5.10 Å². The molecule has 0 fully saturated rings. The van der Waals surface area contributed by atoms with Crippen molar-refractivity contribution in [3.63, 3.8) is 0 Å². The lowest BCUT2D eigenvalue weighted by molar-refractivity contribution is 0.254. The summed E-state index contributed by atoms with van der Waals surface area (Å²) in [5, 5.41) is 10.8. The molecule has 0 aliphatic carbocycles. The van der Waals surface area contributed by atoms with Crippen molar-refractivity contribution in [2.75, 3.05) is 26.0 Å². The molecular formula is C23H32N6O. The molecule has 0 aliphatic heterocycles. The Balaban J connectivity index is 2.01. The number of aromatic nitrogens is 3. The Morgan fingerprint density at radius 1 is 1.27 bits per heavy atom. The van der Waals surface area contributed by atoms with E-state index in [1.807, 2.05) is 10.7 Å². The van der Waals surface area contributed by atoms with Crippen molar-refractivity contribution in [2.24, 2.45) is 0 Å². The molecule has 3 rings (SSSR count). The van der Waals surface area contributed by atoms with Gasteiger partial charge in [-0.15, -0.1) is 0 Å². The number of benzene rings is 1. The number of unbranched alkanes of at least 4 members (excludes halogenated alkanes) is 1. The van der Waals surface area contributed by atoms with Gasteiger partial charge in [-0.05, 0) is 51.6 Å². The van der Waals surface area contributed by atoms with E-state index in [-0.39, 0.29) is 12.1 Å². The van der Waals surface area contributed by atoms with Crippen molar-refractivity contribution in [3.8, 4) is 11.3 Å². The molecule has 0 saturated heterocycles. The molecule has 0 spiro atoms. The first-order valence-electron chi connectivity index (χ1n) is 10.6. The maximum Gasteiger partial charge on any atom is 0.318 e. The summed E-state index contributed by atoms with van der Waals surface area (Å²) >= 11 is 0. The van der Waals surface area contributed by atoms with E-state index in [0.29, 0.717) is 5.69 Å². The number of nitrogens with zero attached hydrogens (tertiary/aromatic N) is 4. The van der Waals surface area contributed by atoms with Gasteiger partial charge in [0.1, 0.15) is 0 Å². The van der Waals surface area contributed by atoms with E-state index in [2.05, 4.69) is 72.7 Å². The molecule has 160 valence electrons. The Morgan fingerprint density at radius 3 is 2.77 bits per heavy atom. The lowest BCUT2D eigenvalue weighted by Crippen LogP contribution is -2.24. The molecule has 2 amide bonds. The molecule has 30 heavy (non-hydrogen) atoms. The highest BCUT2D eigenvalue weighted by molar-refractivity contribution is 6.00. The number of fused-ring (bicyclic) bond motifs is 1. The van der Waals surface area contributed by atoms with Crippen molar-refractivity contribution in [3.05, 3.63) is 42.1 Å². The van der Waals surface area contributed by atoms with Crippen LogP contribution in [-0.4, -0.2) is 46.3 Å². The van der Waals surface area contributed by atoms with E-state index in [1.165, 1.54) is 18.4 Å². The molecular weight excluding hydrogens is 376 g/mol. The highest BCUT2D eigenvalue weighted by atomic mass is 16.2. The van der Waals surface area contributed by atoms with Crippen LogP contribution < -0.4 is 10.6 Å². The molecule has 0 aliphatic rings. The number of nitrogens with one attached hydrogen (secondary N) is 2. The van der Waals surface area contributed by atoms with Crippen molar-refractivity contribution in [2.45, 2.75) is 46.2 Å². The highest BCUT2D eigenvalue weighted by Crippen LogP contribution is 2.30. The average molecular weight is 409 g/mol. The predicted molar refractivity (Wildman–Crippen MR) is 123 cm³/mol. The topological polar surface area (TPSA) is 75.1 Å². The number of carbonyl (C=O) groups excluding carboxylic acids is 1. The third-order valence-corrected chi connectivity index (χ3v) is 5.10. The largest absolute Gasteiger partial charge is 0.341 e. The molecule has 2 heterocycles. The van der Waals surface area contributed by atoms with E-state index >= 15 is 0 Å². The van der Waals surface area contributed by atoms with Gasteiger partial charge in [-0.25, -0.2) is 14.5 Å². The molecule has 1 aromatic carbocycles. The van der Waals surface area contributed by atoms with Gasteiger partial charge in [0, 0.05) is 25.2 Å². The number of hydrogen-bond acceptors (Lipinski definition) is 4. The second-order valence-corrected chi connectivity index (χ2v) is 7.97. The molecule has 7 heteroatoms. The number of carbonyl (C=O) groups is 1. The fraction of sp³-hybridized carbons (Fsp3) is 0.435. The Kier molecular flexibility index (Phi) is 7.05. The maximum absolute atomic E-state index is 12.0. The van der Waals surface area contributed by atoms with Crippen LogP contribution in [0.25, 0.3) is 22.3 Å². The number of pyridine rings is 1. The zero-order valence-electron chi connectivity index (χ0n) is 18.6. The summed E-state index contributed by atoms with van der Waals surface area (Å²) in [6.07, 6.45) is 4.15. The zero-order valence-corrected chi connectivity index (χ0v) is 18.6. The summed E-state index contributed by atoms with van der Waals surface area (Å²) in [5.41, 5.74) is 4.54. The third kappa shape index (κ3) is 4.97. The number of anilines is 1. The van der Waals surface area contributed by atoms with E-state index in [4.69, 9.17) is 4.98 Å². The second kappa shape index (κ2) is 9.71. The minimum atomic E-state index is -0.267. The van der Waals surface area contributed by atoms with Crippen LogP contribution in [0.15, 0.2) is 36.5 Å². The first-order valence-corrected chi connectivity index (χ1v) is 10.6. The van der Waals surface area contributed by atoms with Gasteiger partial charge in [0.25, 0.3) is 0 Å². The number of urea groups is 1. The van der Waals surface area contributed by atoms with Gasteiger partial charge in [-0.1, -0.05) is 31.5 Å². The molecule has 2 aromatic heterocycles. The second-order valence-electron chi connectivity index (χ2n) is 7.97. The molecule has 2 N–H and O–H groups in total. The van der Waals surface area contributed by atoms with Gasteiger partial charge in [0.15, 0.2) is 5.65 Å². The quantitative estimate of drug-likeness (QED) is 0.568. The summed E-state index contributed by atoms with van der Waals surface area (Å²) in [6.45, 7) is 8.32. The Hall–Kier alpha value is -2.93. The summed E-state index contributed by atoms with van der Waals surface area (Å²) in [5.74, 6) is 0. The van der Waals surface area contributed by atoms with Crippen LogP contribution in [0.2, 0.25) is 0 Å². The smallest absolute Gasteiger partial charge is 0.318 e. The lowest BCUT2D eigenvalue weighted by Gasteiger charge is -2.17. The SMILES string of the molecule is CCCCN(C)Cc1cccc(-c2cc(NC(=O)NC)c3cnn(C(C)C)c3n2)c1. The first-order chi connectivity index (χ1) is 14.4. The number of hydrogen-bond donors (Lipinski definition) is 2. The molecule has 0 bridgehead atoms. The van der Waals surface area contributed by atoms with Crippen molar-refractivity contribution in [1.82, 2.24) is 25.0 Å². The van der Waals surface area contributed by atoms with Crippen LogP contribution in [0.5, 0.6) is 0 Å². The van der Waals surface area contributed by atoms with Crippen LogP contribution >= 0.6 is 0 Å². The highest BCUT2D eigenvalue weighted by Gasteiger charge is 2.15. The number of rotatable bonds is 8. The fourth-order valence-corrected chi connectivity index (χ4v) is 3.48. The zero-order chi connectivity index (χ0) is 21.7. The van der Waals surface area contributed by atoms with E-state index in [1.54, 1.807) is 13.2 Å². The minimum absolute atomic E-state index is 0.164. The van der Waals surface area contributed by atoms with Crippen LogP contribution in [0.3, 0.4) is 0 Å². The maximum atomic E-state index is 12.0. The monoisotopic (exact) mass is 408 g/mol. The van der Waals surface area contributed by atoms with E-state index in [0.717, 1.165) is 35.4 Å². The predicted octanol–water partition coefficient (Wildman–Crippen LogP) is 4.66. The molecule has 0 unspecified atom stereocenters. The van der Waals surface area contributed by atoms with E-state index in [9.17, 15) is 4.79 Å². The van der Waals surface area contributed by atoms with Gasteiger partial charge >= 0.3 is 6.03 Å². The molecule has 0 saturated carbocycles.